The molecule has 0 saturated carbocycles. The summed E-state index contributed by atoms with van der Waals surface area (Å²) in [5.41, 5.74) is 3.20. The second kappa shape index (κ2) is 9.09. The Morgan fingerprint density at radius 3 is 2.67 bits per heavy atom. The Balaban J connectivity index is 1.58. The topological polar surface area (TPSA) is 32.3 Å². The summed E-state index contributed by atoms with van der Waals surface area (Å²) in [4.78, 5) is 14.7. The number of carbonyl (C=O) groups is 1. The standard InChI is InChI=1S/C23H27ClN2O/c1-17-6-5-15-26(16-17)21-12-9-19(10-13-21)18(2)25-23(27)14-11-20-7-3-4-8-22(20)24/h3-4,7-14,17-18H,5-6,15-16H2,1-2H3,(H,25,27)/b14-11+/t17-,18+/m1/s1. The molecule has 1 aliphatic rings. The van der Waals surface area contributed by atoms with E-state index in [-0.39, 0.29) is 11.9 Å². The average molecular weight is 383 g/mol. The van der Waals surface area contributed by atoms with Gasteiger partial charge in [-0.2, -0.15) is 0 Å². The lowest BCUT2D eigenvalue weighted by molar-refractivity contribution is -0.117. The highest BCUT2D eigenvalue weighted by Gasteiger charge is 2.17. The van der Waals surface area contributed by atoms with Crippen molar-refractivity contribution in [2.24, 2.45) is 5.92 Å². The monoisotopic (exact) mass is 382 g/mol. The fraction of sp³-hybridized carbons (Fsp3) is 0.348. The summed E-state index contributed by atoms with van der Waals surface area (Å²) in [7, 11) is 0. The van der Waals surface area contributed by atoms with Gasteiger partial charge in [0.2, 0.25) is 5.91 Å². The summed E-state index contributed by atoms with van der Waals surface area (Å²) in [6.07, 6.45) is 5.85. The first-order chi connectivity index (χ1) is 13.0. The van der Waals surface area contributed by atoms with Crippen molar-refractivity contribution < 1.29 is 4.79 Å². The minimum Gasteiger partial charge on any atom is -0.371 e. The van der Waals surface area contributed by atoms with E-state index in [2.05, 4.69) is 41.4 Å². The Morgan fingerprint density at radius 1 is 1.22 bits per heavy atom. The van der Waals surface area contributed by atoms with Gasteiger partial charge in [0, 0.05) is 29.9 Å². The molecule has 2 atom stereocenters. The lowest BCUT2D eigenvalue weighted by Crippen LogP contribution is -2.34. The summed E-state index contributed by atoms with van der Waals surface area (Å²) < 4.78 is 0. The van der Waals surface area contributed by atoms with E-state index in [0.29, 0.717) is 5.02 Å². The van der Waals surface area contributed by atoms with Gasteiger partial charge in [-0.3, -0.25) is 4.79 Å². The molecule has 1 heterocycles. The second-order valence-corrected chi connectivity index (χ2v) is 7.78. The van der Waals surface area contributed by atoms with E-state index >= 15 is 0 Å². The molecule has 1 fully saturated rings. The highest BCUT2D eigenvalue weighted by molar-refractivity contribution is 6.32. The molecule has 3 nitrogen and oxygen atoms in total. The van der Waals surface area contributed by atoms with Crippen molar-refractivity contribution in [1.82, 2.24) is 5.32 Å². The van der Waals surface area contributed by atoms with E-state index in [4.69, 9.17) is 11.6 Å². The third-order valence-corrected chi connectivity index (χ3v) is 5.44. The average Bonchev–Trinajstić information content (AvgIpc) is 2.67. The molecule has 142 valence electrons. The van der Waals surface area contributed by atoms with Crippen molar-refractivity contribution >= 4 is 29.3 Å². The number of amides is 1. The van der Waals surface area contributed by atoms with E-state index in [1.54, 1.807) is 6.08 Å². The number of piperidine rings is 1. The van der Waals surface area contributed by atoms with Crippen LogP contribution in [0.15, 0.2) is 54.6 Å². The van der Waals surface area contributed by atoms with Gasteiger partial charge < -0.3 is 10.2 Å². The van der Waals surface area contributed by atoms with E-state index in [1.165, 1.54) is 24.6 Å². The highest BCUT2D eigenvalue weighted by atomic mass is 35.5. The van der Waals surface area contributed by atoms with E-state index < -0.39 is 0 Å². The smallest absolute Gasteiger partial charge is 0.244 e. The maximum absolute atomic E-state index is 12.2. The number of hydrogen-bond donors (Lipinski definition) is 1. The summed E-state index contributed by atoms with van der Waals surface area (Å²) in [5.74, 6) is 0.623. The van der Waals surface area contributed by atoms with Crippen LogP contribution in [0, 0.1) is 5.92 Å². The maximum atomic E-state index is 12.2. The van der Waals surface area contributed by atoms with Crippen LogP contribution in [0.2, 0.25) is 5.02 Å². The molecule has 1 aliphatic heterocycles. The summed E-state index contributed by atoms with van der Waals surface area (Å²) in [6.45, 7) is 6.56. The van der Waals surface area contributed by atoms with Crippen molar-refractivity contribution in [2.75, 3.05) is 18.0 Å². The normalized spacial score (nSPS) is 18.5. The zero-order valence-corrected chi connectivity index (χ0v) is 16.7. The summed E-state index contributed by atoms with van der Waals surface area (Å²) >= 11 is 6.11. The van der Waals surface area contributed by atoms with E-state index in [9.17, 15) is 4.79 Å². The number of rotatable bonds is 5. The Hall–Kier alpha value is -2.26. The van der Waals surface area contributed by atoms with Gasteiger partial charge in [-0.05, 0) is 61.1 Å². The summed E-state index contributed by atoms with van der Waals surface area (Å²) in [5, 5.41) is 3.65. The molecular formula is C23H27ClN2O. The molecule has 0 aliphatic carbocycles. The number of anilines is 1. The van der Waals surface area contributed by atoms with Gasteiger partial charge in [-0.1, -0.05) is 48.9 Å². The largest absolute Gasteiger partial charge is 0.371 e. The predicted molar refractivity (Wildman–Crippen MR) is 114 cm³/mol. The highest BCUT2D eigenvalue weighted by Crippen LogP contribution is 2.24. The molecule has 1 amide bonds. The van der Waals surface area contributed by atoms with Crippen LogP contribution < -0.4 is 10.2 Å². The van der Waals surface area contributed by atoms with Crippen molar-refractivity contribution in [2.45, 2.75) is 32.7 Å². The van der Waals surface area contributed by atoms with Crippen LogP contribution >= 0.6 is 11.6 Å². The lowest BCUT2D eigenvalue weighted by Gasteiger charge is -2.33. The van der Waals surface area contributed by atoms with Gasteiger partial charge in [0.05, 0.1) is 6.04 Å². The summed E-state index contributed by atoms with van der Waals surface area (Å²) in [6, 6.07) is 16.0. The molecule has 0 aromatic heterocycles. The first-order valence-corrected chi connectivity index (χ1v) is 9.99. The van der Waals surface area contributed by atoms with Crippen LogP contribution in [-0.2, 0) is 4.79 Å². The molecule has 0 spiro atoms. The molecule has 2 aromatic rings. The van der Waals surface area contributed by atoms with E-state index in [1.807, 2.05) is 31.2 Å². The number of hydrogen-bond acceptors (Lipinski definition) is 2. The third-order valence-electron chi connectivity index (χ3n) is 5.09. The number of nitrogens with zero attached hydrogens (tertiary/aromatic N) is 1. The van der Waals surface area contributed by atoms with Gasteiger partial charge >= 0.3 is 0 Å². The number of nitrogens with one attached hydrogen (secondary N) is 1. The molecule has 0 bridgehead atoms. The van der Waals surface area contributed by atoms with Crippen LogP contribution in [0.1, 0.15) is 43.9 Å². The van der Waals surface area contributed by atoms with Crippen molar-refractivity contribution in [3.63, 3.8) is 0 Å². The van der Waals surface area contributed by atoms with Gasteiger partial charge in [-0.25, -0.2) is 0 Å². The Labute approximate surface area is 167 Å². The molecule has 1 saturated heterocycles. The van der Waals surface area contributed by atoms with Crippen LogP contribution in [0.25, 0.3) is 6.08 Å². The molecule has 27 heavy (non-hydrogen) atoms. The van der Waals surface area contributed by atoms with Crippen molar-refractivity contribution in [3.8, 4) is 0 Å². The predicted octanol–water partition coefficient (Wildman–Crippen LogP) is 5.47. The minimum atomic E-state index is -0.128. The molecule has 2 aromatic carbocycles. The Kier molecular flexibility index (Phi) is 6.57. The van der Waals surface area contributed by atoms with Gasteiger partial charge in [0.25, 0.3) is 0 Å². The first-order valence-electron chi connectivity index (χ1n) is 9.61. The number of carbonyl (C=O) groups excluding carboxylic acids is 1. The van der Waals surface area contributed by atoms with Gasteiger partial charge in [0.1, 0.15) is 0 Å². The quantitative estimate of drug-likeness (QED) is 0.695. The van der Waals surface area contributed by atoms with Gasteiger partial charge in [-0.15, -0.1) is 0 Å². The molecular weight excluding hydrogens is 356 g/mol. The number of halogens is 1. The Bertz CT molecular complexity index is 800. The van der Waals surface area contributed by atoms with Crippen LogP contribution in [-0.4, -0.2) is 19.0 Å². The van der Waals surface area contributed by atoms with Crippen molar-refractivity contribution in [3.05, 3.63) is 70.8 Å². The van der Waals surface area contributed by atoms with Gasteiger partial charge in [0.15, 0.2) is 0 Å². The van der Waals surface area contributed by atoms with Crippen LogP contribution in [0.5, 0.6) is 0 Å². The van der Waals surface area contributed by atoms with E-state index in [0.717, 1.165) is 30.1 Å². The zero-order valence-electron chi connectivity index (χ0n) is 16.0. The minimum absolute atomic E-state index is 0.0530. The maximum Gasteiger partial charge on any atom is 0.244 e. The van der Waals surface area contributed by atoms with Crippen molar-refractivity contribution in [1.29, 1.82) is 0 Å². The second-order valence-electron chi connectivity index (χ2n) is 7.37. The fourth-order valence-electron chi connectivity index (χ4n) is 3.52. The van der Waals surface area contributed by atoms with Crippen LogP contribution in [0.3, 0.4) is 0 Å². The molecule has 0 unspecified atom stereocenters. The molecule has 1 N–H and O–H groups in total. The van der Waals surface area contributed by atoms with Crippen LogP contribution in [0.4, 0.5) is 5.69 Å². The lowest BCUT2D eigenvalue weighted by atomic mass is 9.99. The zero-order chi connectivity index (χ0) is 19.2. The number of benzene rings is 2. The Morgan fingerprint density at radius 2 is 1.96 bits per heavy atom. The molecule has 0 radical (unpaired) electrons. The SMILES string of the molecule is C[C@@H]1CCCN(c2ccc([C@H](C)NC(=O)/C=C/c3ccccc3Cl)cc2)C1. The molecule has 3 rings (SSSR count). The fourth-order valence-corrected chi connectivity index (χ4v) is 3.72. The molecule has 4 heteroatoms. The third kappa shape index (κ3) is 5.36. The first kappa shape index (κ1) is 19.5.